The van der Waals surface area contributed by atoms with Crippen molar-refractivity contribution >= 4 is 33.4 Å². The first-order chi connectivity index (χ1) is 9.40. The minimum absolute atomic E-state index is 0.0942. The number of nitrogens with one attached hydrogen (secondary N) is 2. The number of hydrogen-bond acceptors (Lipinski definition) is 4. The van der Waals surface area contributed by atoms with E-state index < -0.39 is 10.0 Å². The van der Waals surface area contributed by atoms with Gasteiger partial charge in [0.2, 0.25) is 10.0 Å². The Morgan fingerprint density at radius 3 is 2.65 bits per heavy atom. The van der Waals surface area contributed by atoms with Gasteiger partial charge in [-0.15, -0.1) is 0 Å². The molecule has 4 nitrogen and oxygen atoms in total. The van der Waals surface area contributed by atoms with Crippen molar-refractivity contribution in [2.75, 3.05) is 19.1 Å². The highest BCUT2D eigenvalue weighted by molar-refractivity contribution is 7.98. The Kier molecular flexibility index (Phi) is 7.33. The molecule has 0 heterocycles. The number of halogens is 1. The molecule has 114 valence electrons. The van der Waals surface area contributed by atoms with E-state index in [1.807, 2.05) is 20.2 Å². The summed E-state index contributed by atoms with van der Waals surface area (Å²) in [5.74, 6) is 0.922. The Labute approximate surface area is 130 Å². The standard InChI is InChI=1S/C13H21ClN2O2S2/c1-10(6-7-19-3)16-20(17,18)12-5-4-11(9-15-2)13(14)8-12/h4-5,8,10,15-16H,6-7,9H2,1-3H3. The zero-order valence-corrected chi connectivity index (χ0v) is 14.3. The van der Waals surface area contributed by atoms with Gasteiger partial charge in [-0.05, 0) is 50.1 Å². The van der Waals surface area contributed by atoms with E-state index in [1.165, 1.54) is 6.07 Å². The summed E-state index contributed by atoms with van der Waals surface area (Å²) >= 11 is 7.80. The first-order valence-electron chi connectivity index (χ1n) is 6.35. The Morgan fingerprint density at radius 2 is 2.10 bits per heavy atom. The number of rotatable bonds is 8. The van der Waals surface area contributed by atoms with Crippen LogP contribution in [0.25, 0.3) is 0 Å². The molecule has 0 aromatic heterocycles. The zero-order chi connectivity index (χ0) is 15.2. The topological polar surface area (TPSA) is 58.2 Å². The molecule has 0 saturated carbocycles. The molecule has 2 N–H and O–H groups in total. The SMILES string of the molecule is CNCc1ccc(S(=O)(=O)NC(C)CCSC)cc1Cl. The van der Waals surface area contributed by atoms with Gasteiger partial charge in [0.25, 0.3) is 0 Å². The molecule has 0 aliphatic carbocycles. The van der Waals surface area contributed by atoms with Crippen LogP contribution in [0.4, 0.5) is 0 Å². The predicted molar refractivity (Wildman–Crippen MR) is 87.0 cm³/mol. The quantitative estimate of drug-likeness (QED) is 0.765. The third kappa shape index (κ3) is 5.26. The van der Waals surface area contributed by atoms with Crippen molar-refractivity contribution in [2.24, 2.45) is 0 Å². The Hall–Kier alpha value is -0.270. The highest BCUT2D eigenvalue weighted by Crippen LogP contribution is 2.21. The second-order valence-corrected chi connectivity index (χ2v) is 7.69. The summed E-state index contributed by atoms with van der Waals surface area (Å²) in [4.78, 5) is 0.207. The van der Waals surface area contributed by atoms with Crippen molar-refractivity contribution in [3.63, 3.8) is 0 Å². The van der Waals surface area contributed by atoms with Crippen LogP contribution in [-0.4, -0.2) is 33.5 Å². The van der Waals surface area contributed by atoms with Gasteiger partial charge in [-0.2, -0.15) is 11.8 Å². The molecule has 0 aliphatic heterocycles. The molecule has 0 fully saturated rings. The average molecular weight is 337 g/mol. The van der Waals surface area contributed by atoms with Gasteiger partial charge in [0.05, 0.1) is 4.90 Å². The molecule has 0 amide bonds. The summed E-state index contributed by atoms with van der Waals surface area (Å²) in [6.45, 7) is 2.47. The molecule has 0 radical (unpaired) electrons. The summed E-state index contributed by atoms with van der Waals surface area (Å²) in [6, 6.07) is 4.73. The highest BCUT2D eigenvalue weighted by Gasteiger charge is 2.18. The number of benzene rings is 1. The fourth-order valence-electron chi connectivity index (χ4n) is 1.72. The van der Waals surface area contributed by atoms with Crippen LogP contribution in [0.2, 0.25) is 5.02 Å². The maximum absolute atomic E-state index is 12.2. The monoisotopic (exact) mass is 336 g/mol. The van der Waals surface area contributed by atoms with Crippen molar-refractivity contribution < 1.29 is 8.42 Å². The molecule has 1 aromatic rings. The largest absolute Gasteiger partial charge is 0.316 e. The maximum atomic E-state index is 12.2. The average Bonchev–Trinajstić information content (AvgIpc) is 2.38. The molecular formula is C13H21ClN2O2S2. The van der Waals surface area contributed by atoms with Crippen LogP contribution < -0.4 is 10.0 Å². The van der Waals surface area contributed by atoms with Crippen LogP contribution in [0.15, 0.2) is 23.1 Å². The number of hydrogen-bond donors (Lipinski definition) is 2. The summed E-state index contributed by atoms with van der Waals surface area (Å²) < 4.78 is 27.1. The molecule has 1 aromatic carbocycles. The predicted octanol–water partition coefficient (Wildman–Crippen LogP) is 2.48. The second-order valence-electron chi connectivity index (χ2n) is 4.59. The highest BCUT2D eigenvalue weighted by atomic mass is 35.5. The molecule has 7 heteroatoms. The molecule has 1 rings (SSSR count). The van der Waals surface area contributed by atoms with Gasteiger partial charge in [0.15, 0.2) is 0 Å². The molecule has 0 spiro atoms. The molecule has 20 heavy (non-hydrogen) atoms. The lowest BCUT2D eigenvalue weighted by Gasteiger charge is -2.14. The maximum Gasteiger partial charge on any atom is 0.240 e. The van der Waals surface area contributed by atoms with Gasteiger partial charge < -0.3 is 5.32 Å². The van der Waals surface area contributed by atoms with Crippen molar-refractivity contribution in [2.45, 2.75) is 30.8 Å². The Morgan fingerprint density at radius 1 is 1.40 bits per heavy atom. The van der Waals surface area contributed by atoms with Crippen LogP contribution in [0.5, 0.6) is 0 Å². The van der Waals surface area contributed by atoms with Crippen LogP contribution in [0.3, 0.4) is 0 Å². The van der Waals surface area contributed by atoms with Crippen LogP contribution in [0.1, 0.15) is 18.9 Å². The first-order valence-corrected chi connectivity index (χ1v) is 9.60. The second kappa shape index (κ2) is 8.24. The third-order valence-corrected chi connectivity index (χ3v) is 5.40. The molecule has 1 unspecified atom stereocenters. The smallest absolute Gasteiger partial charge is 0.240 e. The Balaban J connectivity index is 2.84. The van der Waals surface area contributed by atoms with Gasteiger partial charge in [-0.1, -0.05) is 17.7 Å². The zero-order valence-electron chi connectivity index (χ0n) is 11.9. The van der Waals surface area contributed by atoms with Gasteiger partial charge in [0.1, 0.15) is 0 Å². The summed E-state index contributed by atoms with van der Waals surface area (Å²) in [7, 11) is -1.69. The summed E-state index contributed by atoms with van der Waals surface area (Å²) in [5.41, 5.74) is 0.878. The van der Waals surface area contributed by atoms with Crippen molar-refractivity contribution in [3.05, 3.63) is 28.8 Å². The number of sulfonamides is 1. The summed E-state index contributed by atoms with van der Waals surface area (Å²) in [6.07, 6.45) is 2.80. The minimum Gasteiger partial charge on any atom is -0.316 e. The van der Waals surface area contributed by atoms with Gasteiger partial charge in [-0.25, -0.2) is 13.1 Å². The van der Waals surface area contributed by atoms with Gasteiger partial charge in [-0.3, -0.25) is 0 Å². The molecule has 1 atom stereocenters. The Bertz CT molecular complexity index is 535. The molecule has 0 saturated heterocycles. The lowest BCUT2D eigenvalue weighted by atomic mass is 10.2. The normalized spacial score (nSPS) is 13.4. The van der Waals surface area contributed by atoms with Crippen molar-refractivity contribution in [1.29, 1.82) is 0 Å². The van der Waals surface area contributed by atoms with Crippen LogP contribution in [0, 0.1) is 0 Å². The van der Waals surface area contributed by atoms with E-state index in [4.69, 9.17) is 11.6 Å². The molecule has 0 aliphatic rings. The van der Waals surface area contributed by atoms with E-state index in [1.54, 1.807) is 23.9 Å². The van der Waals surface area contributed by atoms with Gasteiger partial charge in [0, 0.05) is 17.6 Å². The van der Waals surface area contributed by atoms with Crippen molar-refractivity contribution in [1.82, 2.24) is 10.0 Å². The van der Waals surface area contributed by atoms with E-state index in [0.717, 1.165) is 17.7 Å². The number of thioether (sulfide) groups is 1. The van der Waals surface area contributed by atoms with E-state index >= 15 is 0 Å². The minimum atomic E-state index is -3.51. The molecule has 0 bridgehead atoms. The molecular weight excluding hydrogens is 316 g/mol. The first kappa shape index (κ1) is 17.8. The van der Waals surface area contributed by atoms with E-state index in [0.29, 0.717) is 11.6 Å². The van der Waals surface area contributed by atoms with E-state index in [-0.39, 0.29) is 10.9 Å². The lowest BCUT2D eigenvalue weighted by Crippen LogP contribution is -2.33. The third-order valence-electron chi connectivity index (χ3n) is 2.81. The fraction of sp³-hybridized carbons (Fsp3) is 0.538. The van der Waals surface area contributed by atoms with E-state index in [2.05, 4.69) is 10.0 Å². The van der Waals surface area contributed by atoms with Crippen LogP contribution >= 0.6 is 23.4 Å². The summed E-state index contributed by atoms with van der Waals surface area (Å²) in [5, 5.41) is 3.44. The van der Waals surface area contributed by atoms with Gasteiger partial charge >= 0.3 is 0 Å². The fourth-order valence-corrected chi connectivity index (χ4v) is 3.92. The van der Waals surface area contributed by atoms with Crippen molar-refractivity contribution in [3.8, 4) is 0 Å². The lowest BCUT2D eigenvalue weighted by molar-refractivity contribution is 0.557. The van der Waals surface area contributed by atoms with Crippen LogP contribution in [-0.2, 0) is 16.6 Å². The van der Waals surface area contributed by atoms with E-state index in [9.17, 15) is 8.42 Å².